The summed E-state index contributed by atoms with van der Waals surface area (Å²) in [6.45, 7) is 2.30. The van der Waals surface area contributed by atoms with Crippen LogP contribution in [0.15, 0.2) is 89.9 Å². The molecule has 0 atom stereocenters. The van der Waals surface area contributed by atoms with E-state index in [1.807, 2.05) is 73.0 Å². The Bertz CT molecular complexity index is 1350. The number of para-hydroxylation sites is 2. The number of benzene rings is 3. The molecule has 0 saturated heterocycles. The molecule has 0 saturated carbocycles. The van der Waals surface area contributed by atoms with E-state index in [1.54, 1.807) is 18.2 Å². The number of hydrogen-bond donors (Lipinski definition) is 1. The lowest BCUT2D eigenvalue weighted by molar-refractivity contribution is -0.120. The lowest BCUT2D eigenvalue weighted by Gasteiger charge is -2.19. The molecule has 1 aliphatic heterocycles. The van der Waals surface area contributed by atoms with E-state index < -0.39 is 5.91 Å². The third kappa shape index (κ3) is 3.35. The van der Waals surface area contributed by atoms with E-state index >= 15 is 0 Å². The van der Waals surface area contributed by atoms with Crippen LogP contribution in [0.4, 0.5) is 11.4 Å². The number of carbonyl (C=O) groups is 2. The molecule has 0 unspecified atom stereocenters. The molecule has 6 heteroatoms. The van der Waals surface area contributed by atoms with E-state index in [1.165, 1.54) is 16.2 Å². The molecule has 1 aromatic heterocycles. The Morgan fingerprint density at radius 2 is 1.66 bits per heavy atom. The number of nitrogens with zero attached hydrogens (tertiary/aromatic N) is 1. The standard InChI is InChI=1S/C26H20N2O3S/c1-2-31-21-14-6-5-13-20(21)28-25(29)23(22-15-8-16-32-22)24(26(28)30)27-19-12-7-10-17-9-3-4-11-18(17)19/h3-16,27H,2H2,1H3. The third-order valence-electron chi connectivity index (χ3n) is 5.31. The number of ether oxygens (including phenoxy) is 1. The quantitative estimate of drug-likeness (QED) is 0.391. The Morgan fingerprint density at radius 3 is 2.47 bits per heavy atom. The van der Waals surface area contributed by atoms with Crippen molar-refractivity contribution >= 4 is 50.9 Å². The van der Waals surface area contributed by atoms with Crippen LogP contribution in [0.25, 0.3) is 16.3 Å². The van der Waals surface area contributed by atoms with E-state index in [0.717, 1.165) is 21.3 Å². The van der Waals surface area contributed by atoms with Crippen LogP contribution in [0.5, 0.6) is 5.75 Å². The van der Waals surface area contributed by atoms with Crippen LogP contribution in [-0.4, -0.2) is 18.4 Å². The van der Waals surface area contributed by atoms with E-state index in [9.17, 15) is 9.59 Å². The molecule has 5 nitrogen and oxygen atoms in total. The molecule has 1 aliphatic rings. The molecule has 1 N–H and O–H groups in total. The molecule has 32 heavy (non-hydrogen) atoms. The molecular formula is C26H20N2O3S. The third-order valence-corrected chi connectivity index (χ3v) is 6.19. The zero-order chi connectivity index (χ0) is 22.1. The fraction of sp³-hybridized carbons (Fsp3) is 0.0769. The number of anilines is 2. The summed E-state index contributed by atoms with van der Waals surface area (Å²) in [5.74, 6) is -0.278. The molecule has 0 radical (unpaired) electrons. The molecule has 0 spiro atoms. The number of amides is 2. The number of thiophene rings is 1. The smallest absolute Gasteiger partial charge is 0.282 e. The predicted octanol–water partition coefficient (Wildman–Crippen LogP) is 5.70. The number of hydrogen-bond acceptors (Lipinski definition) is 5. The van der Waals surface area contributed by atoms with Gasteiger partial charge in [-0.3, -0.25) is 9.59 Å². The first kappa shape index (κ1) is 20.0. The van der Waals surface area contributed by atoms with Gasteiger partial charge in [0.25, 0.3) is 11.8 Å². The molecule has 5 rings (SSSR count). The number of imide groups is 1. The largest absolute Gasteiger partial charge is 0.492 e. The molecule has 2 heterocycles. The number of carbonyl (C=O) groups excluding carboxylic acids is 2. The van der Waals surface area contributed by atoms with E-state index in [-0.39, 0.29) is 11.6 Å². The maximum absolute atomic E-state index is 13.7. The minimum Gasteiger partial charge on any atom is -0.492 e. The first-order valence-electron chi connectivity index (χ1n) is 10.3. The number of nitrogens with one attached hydrogen (secondary N) is 1. The van der Waals surface area contributed by atoms with Crippen molar-refractivity contribution in [3.8, 4) is 5.75 Å². The van der Waals surface area contributed by atoms with Crippen molar-refractivity contribution in [1.29, 1.82) is 0 Å². The van der Waals surface area contributed by atoms with E-state index in [4.69, 9.17) is 4.74 Å². The first-order valence-corrected chi connectivity index (χ1v) is 11.2. The number of fused-ring (bicyclic) bond motifs is 1. The molecule has 0 fully saturated rings. The van der Waals surface area contributed by atoms with Crippen molar-refractivity contribution in [2.24, 2.45) is 0 Å². The van der Waals surface area contributed by atoms with Gasteiger partial charge in [-0.15, -0.1) is 11.3 Å². The lowest BCUT2D eigenvalue weighted by atomic mass is 10.1. The van der Waals surface area contributed by atoms with Crippen molar-refractivity contribution in [3.05, 3.63) is 94.8 Å². The molecule has 0 aliphatic carbocycles. The average molecular weight is 441 g/mol. The summed E-state index contributed by atoms with van der Waals surface area (Å²) in [6.07, 6.45) is 0. The summed E-state index contributed by atoms with van der Waals surface area (Å²) in [7, 11) is 0. The second kappa shape index (κ2) is 8.32. The normalized spacial score (nSPS) is 13.8. The van der Waals surface area contributed by atoms with E-state index in [2.05, 4.69) is 5.32 Å². The maximum Gasteiger partial charge on any atom is 0.282 e. The van der Waals surface area contributed by atoms with E-state index in [0.29, 0.717) is 23.6 Å². The van der Waals surface area contributed by atoms with Gasteiger partial charge >= 0.3 is 0 Å². The minimum absolute atomic E-state index is 0.264. The Hall–Kier alpha value is -3.90. The van der Waals surface area contributed by atoms with Crippen LogP contribution in [0.2, 0.25) is 0 Å². The number of rotatable bonds is 6. The molecule has 3 aromatic carbocycles. The van der Waals surface area contributed by atoms with Crippen LogP contribution < -0.4 is 15.0 Å². The summed E-state index contributed by atoms with van der Waals surface area (Å²) < 4.78 is 5.70. The Labute approximate surface area is 189 Å². The van der Waals surface area contributed by atoms with Gasteiger partial charge in [0.15, 0.2) is 0 Å². The second-order valence-electron chi connectivity index (χ2n) is 7.23. The van der Waals surface area contributed by atoms with Gasteiger partial charge in [0.1, 0.15) is 11.4 Å². The average Bonchev–Trinajstić information content (AvgIpc) is 3.42. The van der Waals surface area contributed by atoms with Crippen LogP contribution in [0, 0.1) is 0 Å². The van der Waals surface area contributed by atoms with Crippen LogP contribution in [0.1, 0.15) is 11.8 Å². The fourth-order valence-corrected chi connectivity index (χ4v) is 4.67. The highest BCUT2D eigenvalue weighted by atomic mass is 32.1. The molecule has 2 amide bonds. The summed E-state index contributed by atoms with van der Waals surface area (Å²) in [5, 5.41) is 7.20. The summed E-state index contributed by atoms with van der Waals surface area (Å²) in [6, 6.07) is 24.6. The Morgan fingerprint density at radius 1 is 0.875 bits per heavy atom. The lowest BCUT2D eigenvalue weighted by Crippen LogP contribution is -2.32. The fourth-order valence-electron chi connectivity index (χ4n) is 3.90. The topological polar surface area (TPSA) is 58.6 Å². The van der Waals surface area contributed by atoms with Gasteiger partial charge in [-0.25, -0.2) is 4.90 Å². The van der Waals surface area contributed by atoms with Gasteiger partial charge in [-0.1, -0.05) is 54.6 Å². The highest BCUT2D eigenvalue weighted by molar-refractivity contribution is 7.11. The van der Waals surface area contributed by atoms with Gasteiger partial charge < -0.3 is 10.1 Å². The van der Waals surface area contributed by atoms with Gasteiger partial charge in [0.2, 0.25) is 0 Å². The van der Waals surface area contributed by atoms with Crippen molar-refractivity contribution in [2.75, 3.05) is 16.8 Å². The van der Waals surface area contributed by atoms with Crippen LogP contribution in [0.3, 0.4) is 0 Å². The highest BCUT2D eigenvalue weighted by Gasteiger charge is 2.41. The molecule has 0 bridgehead atoms. The predicted molar refractivity (Wildman–Crippen MR) is 129 cm³/mol. The summed E-state index contributed by atoms with van der Waals surface area (Å²) >= 11 is 1.43. The highest BCUT2D eigenvalue weighted by Crippen LogP contribution is 2.39. The van der Waals surface area contributed by atoms with Gasteiger partial charge in [0.05, 0.1) is 17.9 Å². The Kier molecular flexibility index (Phi) is 5.21. The summed E-state index contributed by atoms with van der Waals surface area (Å²) in [4.78, 5) is 29.2. The first-order chi connectivity index (χ1) is 15.7. The SMILES string of the molecule is CCOc1ccccc1N1C(=O)C(Nc2cccc3ccccc23)=C(c2cccs2)C1=O. The zero-order valence-corrected chi connectivity index (χ0v) is 18.2. The molecule has 4 aromatic rings. The minimum atomic E-state index is -0.404. The molecular weight excluding hydrogens is 420 g/mol. The second-order valence-corrected chi connectivity index (χ2v) is 8.17. The van der Waals surface area contributed by atoms with Crippen LogP contribution in [-0.2, 0) is 9.59 Å². The molecule has 158 valence electrons. The summed E-state index contributed by atoms with van der Waals surface area (Å²) in [5.41, 5.74) is 1.84. The maximum atomic E-state index is 13.7. The van der Waals surface area contributed by atoms with Gasteiger partial charge in [-0.05, 0) is 42.0 Å². The monoisotopic (exact) mass is 440 g/mol. The Balaban J connectivity index is 1.64. The van der Waals surface area contributed by atoms with Gasteiger partial charge in [-0.2, -0.15) is 0 Å². The van der Waals surface area contributed by atoms with Crippen molar-refractivity contribution in [1.82, 2.24) is 0 Å². The van der Waals surface area contributed by atoms with Crippen molar-refractivity contribution in [2.45, 2.75) is 6.92 Å². The van der Waals surface area contributed by atoms with Crippen LogP contribution >= 0.6 is 11.3 Å². The van der Waals surface area contributed by atoms with Crippen molar-refractivity contribution in [3.63, 3.8) is 0 Å². The van der Waals surface area contributed by atoms with Crippen molar-refractivity contribution < 1.29 is 14.3 Å². The van der Waals surface area contributed by atoms with Gasteiger partial charge in [0, 0.05) is 16.0 Å². The zero-order valence-electron chi connectivity index (χ0n) is 17.4.